The minimum absolute atomic E-state index is 0.644. The summed E-state index contributed by atoms with van der Waals surface area (Å²) < 4.78 is 11.3. The fourth-order valence-corrected chi connectivity index (χ4v) is 2.71. The Morgan fingerprint density at radius 1 is 1.19 bits per heavy atom. The van der Waals surface area contributed by atoms with Gasteiger partial charge in [-0.3, -0.25) is 0 Å². The van der Waals surface area contributed by atoms with E-state index in [1.54, 1.807) is 0 Å². The first-order valence-electron chi connectivity index (χ1n) is 7.95. The maximum atomic E-state index is 6.28. The van der Waals surface area contributed by atoms with Crippen molar-refractivity contribution in [1.29, 1.82) is 0 Å². The second-order valence-corrected chi connectivity index (χ2v) is 6.43. The summed E-state index contributed by atoms with van der Waals surface area (Å²) in [6.07, 6.45) is 4.70. The highest BCUT2D eigenvalue weighted by Gasteiger charge is 2.15. The Kier molecular flexibility index (Phi) is 6.65. The largest absolute Gasteiger partial charge is 0.489 e. The molecule has 2 rings (SSSR count). The average molecular weight is 312 g/mol. The van der Waals surface area contributed by atoms with Gasteiger partial charge in [0.15, 0.2) is 11.5 Å². The number of halogens is 1. The third-order valence-electron chi connectivity index (χ3n) is 3.58. The number of benzene rings is 1. The van der Waals surface area contributed by atoms with Crippen LogP contribution in [-0.4, -0.2) is 19.8 Å². The zero-order valence-electron chi connectivity index (χ0n) is 13.1. The van der Waals surface area contributed by atoms with Crippen molar-refractivity contribution >= 4 is 11.6 Å². The van der Waals surface area contributed by atoms with Crippen molar-refractivity contribution in [3.05, 3.63) is 22.7 Å². The number of ether oxygens (including phenoxy) is 2. The monoisotopic (exact) mass is 311 g/mol. The Morgan fingerprint density at radius 3 is 2.81 bits per heavy atom. The van der Waals surface area contributed by atoms with Gasteiger partial charge in [-0.25, -0.2) is 0 Å². The van der Waals surface area contributed by atoms with Crippen LogP contribution in [0.1, 0.15) is 45.1 Å². The predicted octanol–water partition coefficient (Wildman–Crippen LogP) is 4.42. The van der Waals surface area contributed by atoms with Gasteiger partial charge in [0.05, 0.1) is 18.2 Å². The molecule has 0 amide bonds. The molecule has 1 heterocycles. The van der Waals surface area contributed by atoms with E-state index in [1.807, 2.05) is 12.1 Å². The van der Waals surface area contributed by atoms with E-state index in [9.17, 15) is 0 Å². The summed E-state index contributed by atoms with van der Waals surface area (Å²) >= 11 is 6.28. The minimum atomic E-state index is 0.644. The topological polar surface area (TPSA) is 30.5 Å². The number of hydrogen-bond acceptors (Lipinski definition) is 3. The van der Waals surface area contributed by atoms with Crippen molar-refractivity contribution in [2.75, 3.05) is 19.8 Å². The fourth-order valence-electron chi connectivity index (χ4n) is 2.42. The molecule has 0 radical (unpaired) electrons. The van der Waals surface area contributed by atoms with Crippen LogP contribution in [0.15, 0.2) is 12.1 Å². The summed E-state index contributed by atoms with van der Waals surface area (Å²) in [5, 5.41) is 4.11. The van der Waals surface area contributed by atoms with Gasteiger partial charge in [0.25, 0.3) is 0 Å². The molecule has 1 aromatic carbocycles. The summed E-state index contributed by atoms with van der Waals surface area (Å²) in [5.41, 5.74) is 1.15. The summed E-state index contributed by atoms with van der Waals surface area (Å²) in [4.78, 5) is 0. The Labute approximate surface area is 133 Å². The lowest BCUT2D eigenvalue weighted by Gasteiger charge is -2.12. The number of hydrogen-bond donors (Lipinski definition) is 1. The summed E-state index contributed by atoms with van der Waals surface area (Å²) in [6.45, 7) is 7.76. The molecule has 1 N–H and O–H groups in total. The molecule has 4 heteroatoms. The molecule has 118 valence electrons. The number of fused-ring (bicyclic) bond motifs is 1. The quantitative estimate of drug-likeness (QED) is 0.756. The third-order valence-corrected chi connectivity index (χ3v) is 3.86. The first-order chi connectivity index (χ1) is 10.2. The van der Waals surface area contributed by atoms with Crippen LogP contribution in [0.3, 0.4) is 0 Å². The molecule has 1 aliphatic heterocycles. The zero-order valence-corrected chi connectivity index (χ0v) is 13.8. The van der Waals surface area contributed by atoms with Gasteiger partial charge in [-0.05, 0) is 36.6 Å². The second-order valence-electron chi connectivity index (χ2n) is 6.02. The molecule has 1 aromatic rings. The molecule has 3 nitrogen and oxygen atoms in total. The van der Waals surface area contributed by atoms with E-state index in [4.69, 9.17) is 21.1 Å². The summed E-state index contributed by atoms with van der Waals surface area (Å²) in [6, 6.07) is 4.00. The average Bonchev–Trinajstić information content (AvgIpc) is 2.68. The summed E-state index contributed by atoms with van der Waals surface area (Å²) in [5.74, 6) is 2.26. The van der Waals surface area contributed by atoms with E-state index in [0.29, 0.717) is 24.0 Å². The van der Waals surface area contributed by atoms with Crippen molar-refractivity contribution in [2.45, 2.75) is 46.1 Å². The van der Waals surface area contributed by atoms with Crippen LogP contribution < -0.4 is 14.8 Å². The number of unbranched alkanes of at least 4 members (excludes halogenated alkanes) is 1. The van der Waals surface area contributed by atoms with E-state index in [0.717, 1.165) is 36.7 Å². The van der Waals surface area contributed by atoms with Crippen LogP contribution in [0.4, 0.5) is 0 Å². The number of nitrogens with one attached hydrogen (secondary N) is 1. The highest BCUT2D eigenvalue weighted by molar-refractivity contribution is 6.32. The molecule has 0 unspecified atom stereocenters. The molecule has 21 heavy (non-hydrogen) atoms. The molecule has 0 saturated carbocycles. The van der Waals surface area contributed by atoms with Crippen LogP contribution in [0, 0.1) is 5.92 Å². The van der Waals surface area contributed by atoms with Crippen molar-refractivity contribution in [2.24, 2.45) is 5.92 Å². The highest BCUT2D eigenvalue weighted by Crippen LogP contribution is 2.37. The van der Waals surface area contributed by atoms with Gasteiger partial charge in [0.1, 0.15) is 0 Å². The van der Waals surface area contributed by atoms with E-state index in [-0.39, 0.29) is 0 Å². The highest BCUT2D eigenvalue weighted by atomic mass is 35.5. The smallest absolute Gasteiger partial charge is 0.179 e. The molecule has 0 aliphatic carbocycles. The van der Waals surface area contributed by atoms with Gasteiger partial charge in [-0.15, -0.1) is 0 Å². The second kappa shape index (κ2) is 8.50. The van der Waals surface area contributed by atoms with Crippen LogP contribution in [0.5, 0.6) is 11.5 Å². The van der Waals surface area contributed by atoms with E-state index < -0.39 is 0 Å². The maximum Gasteiger partial charge on any atom is 0.179 e. The Balaban J connectivity index is 1.81. The molecule has 0 aromatic heterocycles. The lowest BCUT2D eigenvalue weighted by molar-refractivity contribution is 0.297. The van der Waals surface area contributed by atoms with Gasteiger partial charge >= 0.3 is 0 Å². The molecular formula is C17H26ClNO2. The van der Waals surface area contributed by atoms with Gasteiger partial charge in [0.2, 0.25) is 0 Å². The Bertz CT molecular complexity index is 449. The SMILES string of the molecule is CC(C)CCCCNCc1cc(Cl)c2c(c1)OCCCO2. The van der Waals surface area contributed by atoms with Crippen molar-refractivity contribution in [3.63, 3.8) is 0 Å². The standard InChI is InChI=1S/C17H26ClNO2/c1-13(2)6-3-4-7-19-12-14-10-15(18)17-16(11-14)20-8-5-9-21-17/h10-11,13,19H,3-9,12H2,1-2H3. The van der Waals surface area contributed by atoms with E-state index >= 15 is 0 Å². The molecule has 0 bridgehead atoms. The van der Waals surface area contributed by atoms with Crippen LogP contribution in [0.2, 0.25) is 5.02 Å². The van der Waals surface area contributed by atoms with Crippen LogP contribution in [-0.2, 0) is 6.54 Å². The number of rotatable bonds is 7. The van der Waals surface area contributed by atoms with Crippen LogP contribution in [0.25, 0.3) is 0 Å². The fraction of sp³-hybridized carbons (Fsp3) is 0.647. The first kappa shape index (κ1) is 16.4. The van der Waals surface area contributed by atoms with E-state index in [2.05, 4.69) is 19.2 Å². The van der Waals surface area contributed by atoms with Gasteiger partial charge in [-0.2, -0.15) is 0 Å². The Hall–Kier alpha value is -0.930. The van der Waals surface area contributed by atoms with Crippen molar-refractivity contribution < 1.29 is 9.47 Å². The van der Waals surface area contributed by atoms with E-state index in [1.165, 1.54) is 19.3 Å². The third kappa shape index (κ3) is 5.40. The molecule has 0 spiro atoms. The lowest BCUT2D eigenvalue weighted by Crippen LogP contribution is -2.15. The summed E-state index contributed by atoms with van der Waals surface area (Å²) in [7, 11) is 0. The normalized spacial score (nSPS) is 14.3. The predicted molar refractivity (Wildman–Crippen MR) is 87.5 cm³/mol. The lowest BCUT2D eigenvalue weighted by atomic mass is 10.1. The van der Waals surface area contributed by atoms with Gasteiger partial charge in [0, 0.05) is 13.0 Å². The van der Waals surface area contributed by atoms with Crippen molar-refractivity contribution in [3.8, 4) is 11.5 Å². The molecule has 0 atom stereocenters. The first-order valence-corrected chi connectivity index (χ1v) is 8.33. The van der Waals surface area contributed by atoms with Gasteiger partial charge < -0.3 is 14.8 Å². The molecular weight excluding hydrogens is 286 g/mol. The molecule has 1 aliphatic rings. The molecule has 0 saturated heterocycles. The van der Waals surface area contributed by atoms with Crippen LogP contribution >= 0.6 is 11.6 Å². The molecule has 0 fully saturated rings. The zero-order chi connectivity index (χ0) is 15.1. The van der Waals surface area contributed by atoms with Crippen molar-refractivity contribution in [1.82, 2.24) is 5.32 Å². The maximum absolute atomic E-state index is 6.28. The van der Waals surface area contributed by atoms with Gasteiger partial charge in [-0.1, -0.05) is 38.3 Å². The minimum Gasteiger partial charge on any atom is -0.489 e. The Morgan fingerprint density at radius 2 is 2.00 bits per heavy atom.